The van der Waals surface area contributed by atoms with Gasteiger partial charge in [0.25, 0.3) is 0 Å². The highest BCUT2D eigenvalue weighted by atomic mass is 127. The molecule has 0 aliphatic rings. The van der Waals surface area contributed by atoms with Crippen molar-refractivity contribution in [3.05, 3.63) is 16.0 Å². The van der Waals surface area contributed by atoms with E-state index in [4.69, 9.17) is 5.26 Å². The summed E-state index contributed by atoms with van der Waals surface area (Å²) < 4.78 is 2.91. The van der Waals surface area contributed by atoms with E-state index in [0.29, 0.717) is 6.42 Å². The second kappa shape index (κ2) is 3.72. The van der Waals surface area contributed by atoms with Crippen molar-refractivity contribution in [2.45, 2.75) is 19.4 Å². The molecule has 11 heavy (non-hydrogen) atoms. The lowest BCUT2D eigenvalue weighted by atomic mass is 10.3. The van der Waals surface area contributed by atoms with Gasteiger partial charge in [-0.3, -0.25) is 4.68 Å². The Kier molecular flexibility index (Phi) is 2.88. The molecule has 58 valence electrons. The van der Waals surface area contributed by atoms with Crippen LogP contribution in [0.5, 0.6) is 0 Å². The van der Waals surface area contributed by atoms with Crippen LogP contribution in [-0.4, -0.2) is 9.78 Å². The first kappa shape index (κ1) is 8.53. The molecule has 1 atom stereocenters. The predicted molar refractivity (Wildman–Crippen MR) is 49.9 cm³/mol. The van der Waals surface area contributed by atoms with Gasteiger partial charge in [0.05, 0.1) is 28.3 Å². The Balaban J connectivity index is 2.70. The van der Waals surface area contributed by atoms with E-state index >= 15 is 0 Å². The molecule has 0 aliphatic heterocycles. The Labute approximate surface area is 79.2 Å². The molecule has 0 bridgehead atoms. The summed E-state index contributed by atoms with van der Waals surface area (Å²) in [5.74, 6) is 0. The summed E-state index contributed by atoms with van der Waals surface area (Å²) in [5, 5.41) is 12.5. The predicted octanol–water partition coefficient (Wildman–Crippen LogP) is 1.96. The number of nitrogens with zero attached hydrogens (tertiary/aromatic N) is 3. The molecule has 0 saturated heterocycles. The molecule has 0 saturated carbocycles. The summed E-state index contributed by atoms with van der Waals surface area (Å²) in [6.07, 6.45) is 4.23. The number of rotatable bonds is 2. The van der Waals surface area contributed by atoms with Gasteiger partial charge in [-0.25, -0.2) is 0 Å². The van der Waals surface area contributed by atoms with Gasteiger partial charge in [-0.05, 0) is 29.5 Å². The van der Waals surface area contributed by atoms with Crippen molar-refractivity contribution in [3.8, 4) is 6.07 Å². The number of aromatic nitrogens is 2. The van der Waals surface area contributed by atoms with Crippen LogP contribution in [0.2, 0.25) is 0 Å². The molecule has 0 N–H and O–H groups in total. The highest BCUT2D eigenvalue weighted by molar-refractivity contribution is 14.1. The van der Waals surface area contributed by atoms with E-state index < -0.39 is 0 Å². The molecule has 0 fully saturated rings. The SMILES string of the molecule is C[C@@H](CC#N)n1cc(I)cn1. The summed E-state index contributed by atoms with van der Waals surface area (Å²) in [4.78, 5) is 0. The third kappa shape index (κ3) is 2.19. The summed E-state index contributed by atoms with van der Waals surface area (Å²) >= 11 is 2.20. The maximum Gasteiger partial charge on any atom is 0.0644 e. The number of hydrogen-bond acceptors (Lipinski definition) is 2. The van der Waals surface area contributed by atoms with E-state index in [2.05, 4.69) is 33.8 Å². The van der Waals surface area contributed by atoms with Crippen molar-refractivity contribution >= 4 is 22.6 Å². The topological polar surface area (TPSA) is 41.6 Å². The maximum atomic E-state index is 8.41. The van der Waals surface area contributed by atoms with Crippen LogP contribution < -0.4 is 0 Å². The van der Waals surface area contributed by atoms with Crippen LogP contribution in [0.3, 0.4) is 0 Å². The monoisotopic (exact) mass is 261 g/mol. The zero-order valence-corrected chi connectivity index (χ0v) is 8.32. The van der Waals surface area contributed by atoms with Crippen LogP contribution in [0.15, 0.2) is 12.4 Å². The third-order valence-electron chi connectivity index (χ3n) is 1.41. The molecule has 0 aliphatic carbocycles. The molecule has 1 aromatic heterocycles. The lowest BCUT2D eigenvalue weighted by Crippen LogP contribution is -2.03. The van der Waals surface area contributed by atoms with E-state index in [1.807, 2.05) is 17.8 Å². The number of nitriles is 1. The van der Waals surface area contributed by atoms with E-state index in [9.17, 15) is 0 Å². The molecular formula is C7H8IN3. The lowest BCUT2D eigenvalue weighted by molar-refractivity contribution is 0.500. The molecule has 1 heterocycles. The highest BCUT2D eigenvalue weighted by Gasteiger charge is 2.03. The van der Waals surface area contributed by atoms with Crippen LogP contribution in [-0.2, 0) is 0 Å². The van der Waals surface area contributed by atoms with Crippen molar-refractivity contribution < 1.29 is 0 Å². The quantitative estimate of drug-likeness (QED) is 0.763. The van der Waals surface area contributed by atoms with Crippen molar-refractivity contribution in [3.63, 3.8) is 0 Å². The van der Waals surface area contributed by atoms with Gasteiger partial charge in [0, 0.05) is 6.20 Å². The molecule has 3 nitrogen and oxygen atoms in total. The van der Waals surface area contributed by atoms with Gasteiger partial charge in [-0.1, -0.05) is 0 Å². The minimum absolute atomic E-state index is 0.184. The standard InChI is InChI=1S/C7H8IN3/c1-6(2-3-9)11-5-7(8)4-10-11/h4-6H,2H2,1H3/t6-/m0/s1. The zero-order valence-electron chi connectivity index (χ0n) is 6.16. The van der Waals surface area contributed by atoms with Crippen LogP contribution in [0.4, 0.5) is 0 Å². The first-order valence-electron chi connectivity index (χ1n) is 3.30. The smallest absolute Gasteiger partial charge is 0.0644 e. The first-order valence-corrected chi connectivity index (χ1v) is 4.38. The van der Waals surface area contributed by atoms with Gasteiger partial charge in [-0.15, -0.1) is 0 Å². The Morgan fingerprint density at radius 2 is 2.64 bits per heavy atom. The molecular weight excluding hydrogens is 253 g/mol. The van der Waals surface area contributed by atoms with Gasteiger partial charge in [-0.2, -0.15) is 10.4 Å². The van der Waals surface area contributed by atoms with Crippen LogP contribution in [0, 0.1) is 14.9 Å². The zero-order chi connectivity index (χ0) is 8.27. The molecule has 4 heteroatoms. The normalized spacial score (nSPS) is 12.5. The third-order valence-corrected chi connectivity index (χ3v) is 1.97. The van der Waals surface area contributed by atoms with Crippen molar-refractivity contribution in [1.29, 1.82) is 5.26 Å². The Morgan fingerprint density at radius 3 is 3.09 bits per heavy atom. The molecule has 1 aromatic rings. The van der Waals surface area contributed by atoms with Crippen molar-refractivity contribution in [1.82, 2.24) is 9.78 Å². The van der Waals surface area contributed by atoms with Gasteiger partial charge in [0.2, 0.25) is 0 Å². The second-order valence-electron chi connectivity index (χ2n) is 2.35. The number of hydrogen-bond donors (Lipinski definition) is 0. The second-order valence-corrected chi connectivity index (χ2v) is 3.60. The molecule has 1 rings (SSSR count). The van der Waals surface area contributed by atoms with Crippen molar-refractivity contribution in [2.75, 3.05) is 0 Å². The van der Waals surface area contributed by atoms with Crippen LogP contribution in [0.25, 0.3) is 0 Å². The molecule has 0 aromatic carbocycles. The number of halogens is 1. The van der Waals surface area contributed by atoms with E-state index in [1.54, 1.807) is 6.20 Å². The van der Waals surface area contributed by atoms with E-state index in [1.165, 1.54) is 0 Å². The molecule has 0 amide bonds. The summed E-state index contributed by atoms with van der Waals surface area (Å²) in [6, 6.07) is 2.30. The average molecular weight is 261 g/mol. The van der Waals surface area contributed by atoms with Gasteiger partial charge in [0.1, 0.15) is 0 Å². The van der Waals surface area contributed by atoms with Crippen LogP contribution >= 0.6 is 22.6 Å². The Hall–Kier alpha value is -0.570. The minimum atomic E-state index is 0.184. The summed E-state index contributed by atoms with van der Waals surface area (Å²) in [7, 11) is 0. The van der Waals surface area contributed by atoms with Crippen LogP contribution in [0.1, 0.15) is 19.4 Å². The molecule has 0 spiro atoms. The lowest BCUT2D eigenvalue weighted by Gasteiger charge is -2.05. The minimum Gasteiger partial charge on any atom is -0.268 e. The molecule has 0 radical (unpaired) electrons. The Bertz CT molecular complexity index is 273. The average Bonchev–Trinajstić information content (AvgIpc) is 2.36. The highest BCUT2D eigenvalue weighted by Crippen LogP contribution is 2.10. The maximum absolute atomic E-state index is 8.41. The fourth-order valence-corrected chi connectivity index (χ4v) is 1.19. The largest absolute Gasteiger partial charge is 0.268 e. The summed E-state index contributed by atoms with van der Waals surface area (Å²) in [6.45, 7) is 1.98. The van der Waals surface area contributed by atoms with E-state index in [-0.39, 0.29) is 6.04 Å². The van der Waals surface area contributed by atoms with Gasteiger partial charge >= 0.3 is 0 Å². The van der Waals surface area contributed by atoms with Gasteiger partial charge < -0.3 is 0 Å². The fourth-order valence-electron chi connectivity index (χ4n) is 0.782. The van der Waals surface area contributed by atoms with Gasteiger partial charge in [0.15, 0.2) is 0 Å². The summed E-state index contributed by atoms with van der Waals surface area (Å²) in [5.41, 5.74) is 0. The Morgan fingerprint density at radius 1 is 1.91 bits per heavy atom. The molecule has 0 unspecified atom stereocenters. The van der Waals surface area contributed by atoms with E-state index in [0.717, 1.165) is 3.57 Å². The van der Waals surface area contributed by atoms with Crippen molar-refractivity contribution in [2.24, 2.45) is 0 Å². The first-order chi connectivity index (χ1) is 5.24. The fraction of sp³-hybridized carbons (Fsp3) is 0.429.